The predicted molar refractivity (Wildman–Crippen MR) is 116 cm³/mol. The molecular weight excluding hydrogens is 378 g/mol. The Morgan fingerprint density at radius 1 is 0.967 bits per heavy atom. The fourth-order valence-electron chi connectivity index (χ4n) is 5.47. The topological polar surface area (TPSA) is 63.7 Å². The Hall–Kier alpha value is -1.91. The summed E-state index contributed by atoms with van der Waals surface area (Å²) in [6.07, 6.45) is 5.22. The Morgan fingerprint density at radius 3 is 1.90 bits per heavy atom. The van der Waals surface area contributed by atoms with Gasteiger partial charge in [-0.05, 0) is 36.5 Å². The zero-order valence-corrected chi connectivity index (χ0v) is 19.5. The minimum atomic E-state index is -0.278. The fraction of sp³-hybridized carbons (Fsp3) is 0.720. The van der Waals surface area contributed by atoms with Crippen LogP contribution in [0, 0.1) is 16.7 Å². The van der Waals surface area contributed by atoms with Crippen LogP contribution in [0.2, 0.25) is 0 Å². The lowest BCUT2D eigenvalue weighted by Crippen LogP contribution is -2.45. The molecule has 166 valence electrons. The highest BCUT2D eigenvalue weighted by Crippen LogP contribution is 2.52. The molecule has 0 N–H and O–H groups in total. The van der Waals surface area contributed by atoms with E-state index in [0.717, 1.165) is 48.2 Å². The van der Waals surface area contributed by atoms with Crippen molar-refractivity contribution in [2.45, 2.75) is 86.5 Å². The van der Waals surface area contributed by atoms with E-state index >= 15 is 0 Å². The number of rotatable bonds is 6. The normalized spacial score (nSPS) is 23.5. The van der Waals surface area contributed by atoms with Crippen LogP contribution in [0.25, 0.3) is 0 Å². The van der Waals surface area contributed by atoms with Crippen molar-refractivity contribution in [1.29, 1.82) is 0 Å². The van der Waals surface area contributed by atoms with Gasteiger partial charge in [-0.3, -0.25) is 14.4 Å². The maximum absolute atomic E-state index is 13.3. The van der Waals surface area contributed by atoms with Gasteiger partial charge in [-0.1, -0.05) is 41.0 Å². The first-order valence-corrected chi connectivity index (χ1v) is 11.4. The Bertz CT molecular complexity index is 761. The average molecular weight is 416 g/mol. The van der Waals surface area contributed by atoms with Gasteiger partial charge in [0.05, 0.1) is 6.61 Å². The van der Waals surface area contributed by atoms with E-state index in [2.05, 4.69) is 39.5 Å². The molecule has 0 atom stereocenters. The molecule has 0 aromatic carbocycles. The number of allylic oxidation sites excluding steroid dienone is 4. The lowest BCUT2D eigenvalue weighted by Gasteiger charge is -2.49. The Kier molecular flexibility index (Phi) is 6.31. The molecule has 0 unspecified atom stereocenters. The first-order valence-electron chi connectivity index (χ1n) is 11.4. The summed E-state index contributed by atoms with van der Waals surface area (Å²) in [5, 5.41) is 0. The molecule has 0 aromatic rings. The SMILES string of the molecule is CCCC1C2=C(CC(C)(C)CC2=O)N(CCCOC(C)=O)C2=C1C(=O)CC(C)(C)C2. The van der Waals surface area contributed by atoms with E-state index in [9.17, 15) is 14.4 Å². The van der Waals surface area contributed by atoms with Crippen LogP contribution in [0.4, 0.5) is 0 Å². The van der Waals surface area contributed by atoms with Crippen molar-refractivity contribution >= 4 is 17.5 Å². The summed E-state index contributed by atoms with van der Waals surface area (Å²) in [5.74, 6) is 0.0686. The molecule has 5 heteroatoms. The number of hydrogen-bond donors (Lipinski definition) is 0. The molecule has 3 rings (SSSR count). The van der Waals surface area contributed by atoms with Crippen molar-refractivity contribution in [2.75, 3.05) is 13.2 Å². The third-order valence-corrected chi connectivity index (χ3v) is 6.55. The largest absolute Gasteiger partial charge is 0.466 e. The van der Waals surface area contributed by atoms with Gasteiger partial charge in [0.25, 0.3) is 0 Å². The molecule has 5 nitrogen and oxygen atoms in total. The zero-order chi connectivity index (χ0) is 22.3. The maximum atomic E-state index is 13.3. The fourth-order valence-corrected chi connectivity index (χ4v) is 5.47. The van der Waals surface area contributed by atoms with Crippen molar-refractivity contribution in [2.24, 2.45) is 16.7 Å². The molecule has 0 aromatic heterocycles. The van der Waals surface area contributed by atoms with Crippen LogP contribution in [-0.2, 0) is 19.1 Å². The van der Waals surface area contributed by atoms with Crippen LogP contribution in [-0.4, -0.2) is 35.6 Å². The molecule has 0 saturated carbocycles. The van der Waals surface area contributed by atoms with Gasteiger partial charge in [-0.25, -0.2) is 0 Å². The Balaban J connectivity index is 2.07. The summed E-state index contributed by atoms with van der Waals surface area (Å²) in [4.78, 5) is 40.1. The summed E-state index contributed by atoms with van der Waals surface area (Å²) in [6.45, 7) is 13.2. The van der Waals surface area contributed by atoms with Gasteiger partial charge in [0.15, 0.2) is 11.6 Å². The van der Waals surface area contributed by atoms with Gasteiger partial charge in [0.2, 0.25) is 0 Å². The van der Waals surface area contributed by atoms with Gasteiger partial charge >= 0.3 is 5.97 Å². The molecule has 0 bridgehead atoms. The first kappa shape index (κ1) is 22.8. The number of ketones is 2. The van der Waals surface area contributed by atoms with Crippen LogP contribution in [0.15, 0.2) is 22.5 Å². The molecule has 3 aliphatic rings. The molecule has 1 aliphatic heterocycles. The third kappa shape index (κ3) is 4.55. The van der Waals surface area contributed by atoms with Crippen molar-refractivity contribution in [3.8, 4) is 0 Å². The summed E-state index contributed by atoms with van der Waals surface area (Å²) < 4.78 is 5.16. The van der Waals surface area contributed by atoms with Gasteiger partial charge < -0.3 is 9.64 Å². The first-order chi connectivity index (χ1) is 14.0. The molecule has 2 aliphatic carbocycles. The van der Waals surface area contributed by atoms with Gasteiger partial charge in [-0.15, -0.1) is 0 Å². The molecular formula is C25H37NO4. The molecule has 1 heterocycles. The molecule has 0 saturated heterocycles. The van der Waals surface area contributed by atoms with E-state index < -0.39 is 0 Å². The van der Waals surface area contributed by atoms with Crippen LogP contribution < -0.4 is 0 Å². The standard InChI is InChI=1S/C25H37NO4/c1-7-9-17-22-18(12-24(3,4)14-20(22)28)26(10-8-11-30-16(2)27)19-13-25(5,6)15-21(29)23(17)19/h17H,7-15H2,1-6H3. The number of esters is 1. The smallest absolute Gasteiger partial charge is 0.302 e. The number of Topliss-reactive ketones (excluding diaryl/α,β-unsaturated/α-hetero) is 2. The summed E-state index contributed by atoms with van der Waals surface area (Å²) >= 11 is 0. The molecule has 0 spiro atoms. The number of carbonyl (C=O) groups is 3. The van der Waals surface area contributed by atoms with Gasteiger partial charge in [0, 0.05) is 54.8 Å². The molecule has 0 fully saturated rings. The van der Waals surface area contributed by atoms with Crippen LogP contribution in [0.1, 0.15) is 86.5 Å². The Labute approximate surface area is 180 Å². The molecule has 30 heavy (non-hydrogen) atoms. The second-order valence-corrected chi connectivity index (χ2v) is 10.8. The quantitative estimate of drug-likeness (QED) is 0.453. The molecule has 0 radical (unpaired) electrons. The van der Waals surface area contributed by atoms with Gasteiger partial charge in [-0.2, -0.15) is 0 Å². The van der Waals surface area contributed by atoms with E-state index in [1.807, 2.05) is 0 Å². The van der Waals surface area contributed by atoms with Gasteiger partial charge in [0.1, 0.15) is 0 Å². The third-order valence-electron chi connectivity index (χ3n) is 6.55. The minimum Gasteiger partial charge on any atom is -0.466 e. The zero-order valence-electron chi connectivity index (χ0n) is 19.5. The number of nitrogens with zero attached hydrogens (tertiary/aromatic N) is 1. The van der Waals surface area contributed by atoms with Crippen molar-refractivity contribution in [3.63, 3.8) is 0 Å². The lowest BCUT2D eigenvalue weighted by atomic mass is 9.64. The predicted octanol–water partition coefficient (Wildman–Crippen LogP) is 4.96. The van der Waals surface area contributed by atoms with Crippen molar-refractivity contribution in [3.05, 3.63) is 22.5 Å². The van der Waals surface area contributed by atoms with Crippen LogP contribution in [0.3, 0.4) is 0 Å². The van der Waals surface area contributed by atoms with E-state index in [4.69, 9.17) is 4.74 Å². The average Bonchev–Trinajstić information content (AvgIpc) is 2.57. The molecule has 0 amide bonds. The highest BCUT2D eigenvalue weighted by Gasteiger charge is 2.47. The highest BCUT2D eigenvalue weighted by atomic mass is 16.5. The maximum Gasteiger partial charge on any atom is 0.302 e. The van der Waals surface area contributed by atoms with Crippen molar-refractivity contribution < 1.29 is 19.1 Å². The lowest BCUT2D eigenvalue weighted by molar-refractivity contribution is -0.141. The second kappa shape index (κ2) is 8.32. The highest BCUT2D eigenvalue weighted by molar-refractivity contribution is 6.05. The number of ether oxygens (including phenoxy) is 1. The Morgan fingerprint density at radius 2 is 1.47 bits per heavy atom. The summed E-state index contributed by atoms with van der Waals surface area (Å²) in [5.41, 5.74) is 3.81. The monoisotopic (exact) mass is 415 g/mol. The number of hydrogen-bond acceptors (Lipinski definition) is 5. The van der Waals surface area contributed by atoms with Crippen LogP contribution >= 0.6 is 0 Å². The van der Waals surface area contributed by atoms with Crippen LogP contribution in [0.5, 0.6) is 0 Å². The summed E-state index contributed by atoms with van der Waals surface area (Å²) in [7, 11) is 0. The van der Waals surface area contributed by atoms with Crippen molar-refractivity contribution in [1.82, 2.24) is 4.90 Å². The minimum absolute atomic E-state index is 0.0584. The number of carbonyl (C=O) groups excluding carboxylic acids is 3. The van der Waals surface area contributed by atoms with E-state index in [1.54, 1.807) is 0 Å². The summed E-state index contributed by atoms with van der Waals surface area (Å²) in [6, 6.07) is 0. The van der Waals surface area contributed by atoms with E-state index in [0.29, 0.717) is 32.4 Å². The second-order valence-electron chi connectivity index (χ2n) is 10.8. The van der Waals surface area contributed by atoms with E-state index in [-0.39, 0.29) is 34.3 Å². The van der Waals surface area contributed by atoms with E-state index in [1.165, 1.54) is 6.92 Å².